The molecule has 2 heterocycles. The van der Waals surface area contributed by atoms with Crippen LogP contribution >= 0.6 is 0 Å². The van der Waals surface area contributed by atoms with Gasteiger partial charge in [0.1, 0.15) is 11.1 Å². The zero-order valence-corrected chi connectivity index (χ0v) is 13.7. The Morgan fingerprint density at radius 1 is 0.920 bits per heavy atom. The molecule has 0 aliphatic heterocycles. The smallest absolute Gasteiger partial charge is 0.340 e. The highest BCUT2D eigenvalue weighted by Gasteiger charge is 2.24. The Kier molecular flexibility index (Phi) is 3.58. The maximum absolute atomic E-state index is 12.0. The molecule has 4 aromatic rings. The first kappa shape index (κ1) is 15.1. The number of fused-ring (bicyclic) bond motifs is 1. The zero-order valence-electron chi connectivity index (χ0n) is 13.7. The Morgan fingerprint density at radius 2 is 1.52 bits per heavy atom. The van der Waals surface area contributed by atoms with Gasteiger partial charge in [0, 0.05) is 18.8 Å². The number of carboxylic acid groups (broad SMARTS) is 1. The maximum atomic E-state index is 12.0. The number of hydrogen-bond donors (Lipinski definition) is 1. The minimum atomic E-state index is -0.970. The molecule has 4 heteroatoms. The third kappa shape index (κ3) is 2.39. The number of aromatic carboxylic acids is 1. The van der Waals surface area contributed by atoms with Gasteiger partial charge in [-0.15, -0.1) is 0 Å². The van der Waals surface area contributed by atoms with Crippen LogP contribution in [0.15, 0.2) is 72.9 Å². The highest BCUT2D eigenvalue weighted by atomic mass is 16.4. The van der Waals surface area contributed by atoms with Crippen molar-refractivity contribution in [3.8, 4) is 22.4 Å². The molecule has 2 aromatic heterocycles. The number of pyridine rings is 1. The average molecular weight is 328 g/mol. The van der Waals surface area contributed by atoms with Crippen LogP contribution in [0, 0.1) is 0 Å². The molecule has 4 nitrogen and oxygen atoms in total. The summed E-state index contributed by atoms with van der Waals surface area (Å²) in [7, 11) is 1.89. The van der Waals surface area contributed by atoms with E-state index in [9.17, 15) is 9.90 Å². The van der Waals surface area contributed by atoms with E-state index in [2.05, 4.69) is 4.98 Å². The Balaban J connectivity index is 2.13. The number of hydrogen-bond acceptors (Lipinski definition) is 2. The van der Waals surface area contributed by atoms with E-state index in [-0.39, 0.29) is 5.56 Å². The van der Waals surface area contributed by atoms with Gasteiger partial charge in [0.05, 0.1) is 11.2 Å². The van der Waals surface area contributed by atoms with Gasteiger partial charge < -0.3 is 9.67 Å². The van der Waals surface area contributed by atoms with Crippen LogP contribution in [0.3, 0.4) is 0 Å². The molecular formula is C21H16N2O2. The van der Waals surface area contributed by atoms with Crippen molar-refractivity contribution in [2.75, 3.05) is 0 Å². The Labute approximate surface area is 145 Å². The Bertz CT molecular complexity index is 1070. The maximum Gasteiger partial charge on any atom is 0.340 e. The fraction of sp³-hybridized carbons (Fsp3) is 0.0476. The summed E-state index contributed by atoms with van der Waals surface area (Å²) in [4.78, 5) is 16.4. The van der Waals surface area contributed by atoms with Gasteiger partial charge in [0.15, 0.2) is 0 Å². The average Bonchev–Trinajstić information content (AvgIpc) is 2.96. The molecule has 0 amide bonds. The molecule has 2 aromatic carbocycles. The van der Waals surface area contributed by atoms with Crippen molar-refractivity contribution in [3.63, 3.8) is 0 Å². The third-order valence-corrected chi connectivity index (χ3v) is 4.41. The van der Waals surface area contributed by atoms with Crippen LogP contribution in [0.1, 0.15) is 10.4 Å². The van der Waals surface area contributed by atoms with Gasteiger partial charge >= 0.3 is 5.97 Å². The Morgan fingerprint density at radius 3 is 2.12 bits per heavy atom. The molecule has 1 N–H and O–H groups in total. The van der Waals surface area contributed by atoms with Crippen molar-refractivity contribution in [2.45, 2.75) is 0 Å². The topological polar surface area (TPSA) is 55.1 Å². The summed E-state index contributed by atoms with van der Waals surface area (Å²) in [5.74, 6) is -0.970. The molecule has 0 saturated heterocycles. The zero-order chi connectivity index (χ0) is 17.4. The second-order valence-corrected chi connectivity index (χ2v) is 5.88. The van der Waals surface area contributed by atoms with E-state index in [1.165, 1.54) is 0 Å². The second kappa shape index (κ2) is 5.91. The molecule has 0 aliphatic rings. The predicted octanol–water partition coefficient (Wildman–Crippen LogP) is 4.61. The lowest BCUT2D eigenvalue weighted by Gasteiger charge is -2.08. The van der Waals surface area contributed by atoms with E-state index in [1.54, 1.807) is 6.20 Å². The lowest BCUT2D eigenvalue weighted by Crippen LogP contribution is -2.00. The van der Waals surface area contributed by atoms with E-state index >= 15 is 0 Å². The van der Waals surface area contributed by atoms with E-state index < -0.39 is 5.97 Å². The van der Waals surface area contributed by atoms with Crippen molar-refractivity contribution in [1.29, 1.82) is 0 Å². The molecule has 4 rings (SSSR count). The predicted molar refractivity (Wildman–Crippen MR) is 98.5 cm³/mol. The first-order chi connectivity index (χ1) is 12.2. The van der Waals surface area contributed by atoms with Gasteiger partial charge in [-0.1, -0.05) is 60.7 Å². The quantitative estimate of drug-likeness (QED) is 0.598. The summed E-state index contributed by atoms with van der Waals surface area (Å²) in [6.45, 7) is 0. The number of aromatic nitrogens is 2. The summed E-state index contributed by atoms with van der Waals surface area (Å²) >= 11 is 0. The van der Waals surface area contributed by atoms with Crippen molar-refractivity contribution < 1.29 is 9.90 Å². The molecule has 0 unspecified atom stereocenters. The number of benzene rings is 2. The number of carboxylic acids is 1. The lowest BCUT2D eigenvalue weighted by atomic mass is 10.0. The van der Waals surface area contributed by atoms with Gasteiger partial charge in [-0.25, -0.2) is 4.79 Å². The van der Waals surface area contributed by atoms with Gasteiger partial charge in [0.25, 0.3) is 0 Å². The highest BCUT2D eigenvalue weighted by molar-refractivity contribution is 6.11. The lowest BCUT2D eigenvalue weighted by molar-refractivity contribution is 0.0699. The Hall–Kier alpha value is -3.40. The SMILES string of the molecule is Cn1c(-c2ccccc2)c(C(=O)O)c2nccc(-c3ccccc3)c21. The number of rotatable bonds is 3. The first-order valence-electron chi connectivity index (χ1n) is 8.00. The molecule has 0 fully saturated rings. The van der Waals surface area contributed by atoms with Gasteiger partial charge in [-0.3, -0.25) is 4.98 Å². The van der Waals surface area contributed by atoms with Crippen LogP contribution in [0.2, 0.25) is 0 Å². The molecule has 0 radical (unpaired) electrons. The van der Waals surface area contributed by atoms with Crippen molar-refractivity contribution in [3.05, 3.63) is 78.5 Å². The molecule has 25 heavy (non-hydrogen) atoms. The first-order valence-corrected chi connectivity index (χ1v) is 8.00. The van der Waals surface area contributed by atoms with Gasteiger partial charge in [0.2, 0.25) is 0 Å². The summed E-state index contributed by atoms with van der Waals surface area (Å²) in [6.07, 6.45) is 1.67. The monoisotopic (exact) mass is 328 g/mol. The van der Waals surface area contributed by atoms with E-state index in [1.807, 2.05) is 78.3 Å². The molecule has 0 bridgehead atoms. The second-order valence-electron chi connectivity index (χ2n) is 5.88. The molecule has 0 atom stereocenters. The molecule has 122 valence electrons. The normalized spacial score (nSPS) is 10.9. The largest absolute Gasteiger partial charge is 0.478 e. The molecular weight excluding hydrogens is 312 g/mol. The van der Waals surface area contributed by atoms with Gasteiger partial charge in [-0.05, 0) is 17.2 Å². The number of carbonyl (C=O) groups is 1. The van der Waals surface area contributed by atoms with Crippen LogP contribution < -0.4 is 0 Å². The van der Waals surface area contributed by atoms with Crippen LogP contribution in [0.5, 0.6) is 0 Å². The van der Waals surface area contributed by atoms with E-state index in [0.29, 0.717) is 11.2 Å². The van der Waals surface area contributed by atoms with Crippen molar-refractivity contribution >= 4 is 17.0 Å². The minimum Gasteiger partial charge on any atom is -0.478 e. The number of aryl methyl sites for hydroxylation is 1. The van der Waals surface area contributed by atoms with Gasteiger partial charge in [-0.2, -0.15) is 0 Å². The fourth-order valence-electron chi connectivity index (χ4n) is 3.36. The van der Waals surface area contributed by atoms with E-state index in [0.717, 1.165) is 22.2 Å². The summed E-state index contributed by atoms with van der Waals surface area (Å²) in [5, 5.41) is 9.85. The van der Waals surface area contributed by atoms with E-state index in [4.69, 9.17) is 0 Å². The van der Waals surface area contributed by atoms with Crippen LogP contribution in [0.25, 0.3) is 33.4 Å². The fourth-order valence-corrected chi connectivity index (χ4v) is 3.36. The third-order valence-electron chi connectivity index (χ3n) is 4.41. The summed E-state index contributed by atoms with van der Waals surface area (Å²) in [5.41, 5.74) is 5.10. The van der Waals surface area contributed by atoms with Crippen molar-refractivity contribution in [1.82, 2.24) is 9.55 Å². The van der Waals surface area contributed by atoms with Crippen LogP contribution in [-0.4, -0.2) is 20.6 Å². The highest BCUT2D eigenvalue weighted by Crippen LogP contribution is 2.36. The summed E-state index contributed by atoms with van der Waals surface area (Å²) in [6, 6.07) is 21.4. The van der Waals surface area contributed by atoms with Crippen LogP contribution in [0.4, 0.5) is 0 Å². The summed E-state index contributed by atoms with van der Waals surface area (Å²) < 4.78 is 1.93. The standard InChI is InChI=1S/C21H16N2O2/c1-23-19(15-10-6-3-7-11-15)17(21(24)25)18-20(23)16(12-13-22-18)14-8-4-2-5-9-14/h2-13H,1H3,(H,24,25). The molecule has 0 aliphatic carbocycles. The van der Waals surface area contributed by atoms with Crippen LogP contribution in [-0.2, 0) is 7.05 Å². The van der Waals surface area contributed by atoms with Crippen molar-refractivity contribution in [2.24, 2.45) is 7.05 Å². The minimum absolute atomic E-state index is 0.237. The molecule has 0 saturated carbocycles. The number of nitrogens with zero attached hydrogens (tertiary/aromatic N) is 2. The molecule has 0 spiro atoms.